The molecule has 0 atom stereocenters. The lowest BCUT2D eigenvalue weighted by molar-refractivity contribution is -0.116. The summed E-state index contributed by atoms with van der Waals surface area (Å²) in [7, 11) is -3.48. The Hall–Kier alpha value is -2.26. The molecule has 2 N–H and O–H groups in total. The average molecular weight is 378 g/mol. The number of nitrogens with one attached hydrogen (secondary N) is 2. The quantitative estimate of drug-likeness (QED) is 0.722. The second-order valence-corrected chi connectivity index (χ2v) is 8.07. The van der Waals surface area contributed by atoms with Crippen LogP contribution >= 0.6 is 11.3 Å². The number of nitrogens with zero attached hydrogens (tertiary/aromatic N) is 2. The first kappa shape index (κ1) is 17.6. The Kier molecular flexibility index (Phi) is 5.44. The first-order valence-electron chi connectivity index (χ1n) is 7.92. The number of amidine groups is 1. The van der Waals surface area contributed by atoms with E-state index in [4.69, 9.17) is 0 Å². The largest absolute Gasteiger partial charge is 0.302 e. The molecule has 0 aliphatic carbocycles. The number of benzene rings is 1. The van der Waals surface area contributed by atoms with Crippen LogP contribution in [0, 0.1) is 0 Å². The molecular weight excluding hydrogens is 360 g/mol. The Morgan fingerprint density at radius 1 is 1.24 bits per heavy atom. The molecular formula is C16H18N4O3S2. The molecule has 1 aromatic heterocycles. The highest BCUT2D eigenvalue weighted by Gasteiger charge is 2.29. The van der Waals surface area contributed by atoms with Crippen LogP contribution in [0.1, 0.15) is 31.2 Å². The number of hydrogen-bond donors (Lipinski definition) is 2. The zero-order chi connectivity index (χ0) is 17.7. The van der Waals surface area contributed by atoms with Crippen molar-refractivity contribution in [2.45, 2.75) is 30.6 Å². The van der Waals surface area contributed by atoms with Crippen LogP contribution in [-0.4, -0.2) is 31.7 Å². The lowest BCUT2D eigenvalue weighted by Crippen LogP contribution is -2.22. The van der Waals surface area contributed by atoms with Crippen molar-refractivity contribution in [2.75, 3.05) is 11.9 Å². The van der Waals surface area contributed by atoms with Crippen molar-refractivity contribution in [1.82, 2.24) is 9.71 Å². The Morgan fingerprint density at radius 3 is 2.88 bits per heavy atom. The SMILES string of the molecule is O=C(CCCCCN=C1NS(=O)(=O)c2ccccc21)Nc1nccs1. The first-order valence-corrected chi connectivity index (χ1v) is 10.3. The molecule has 0 fully saturated rings. The molecule has 3 rings (SSSR count). The monoisotopic (exact) mass is 378 g/mol. The van der Waals surface area contributed by atoms with Gasteiger partial charge in [-0.15, -0.1) is 11.3 Å². The fraction of sp³-hybridized carbons (Fsp3) is 0.312. The number of sulfonamides is 1. The van der Waals surface area contributed by atoms with E-state index in [-0.39, 0.29) is 10.8 Å². The van der Waals surface area contributed by atoms with Crippen LogP contribution in [0.2, 0.25) is 0 Å². The van der Waals surface area contributed by atoms with E-state index in [2.05, 4.69) is 20.0 Å². The predicted octanol–water partition coefficient (Wildman–Crippen LogP) is 2.38. The topological polar surface area (TPSA) is 101 Å². The molecule has 25 heavy (non-hydrogen) atoms. The Bertz CT molecular complexity index is 877. The summed E-state index contributed by atoms with van der Waals surface area (Å²) < 4.78 is 26.4. The van der Waals surface area contributed by atoms with Crippen LogP contribution in [0.5, 0.6) is 0 Å². The van der Waals surface area contributed by atoms with Crippen molar-refractivity contribution in [2.24, 2.45) is 4.99 Å². The van der Waals surface area contributed by atoms with E-state index in [0.29, 0.717) is 29.5 Å². The fourth-order valence-corrected chi connectivity index (χ4v) is 4.28. The number of fused-ring (bicyclic) bond motifs is 1. The summed E-state index contributed by atoms with van der Waals surface area (Å²) in [5.74, 6) is 0.357. The molecule has 1 aliphatic rings. The van der Waals surface area contributed by atoms with E-state index in [0.717, 1.165) is 19.3 Å². The first-order chi connectivity index (χ1) is 12.1. The molecule has 0 unspecified atom stereocenters. The number of anilines is 1. The number of carbonyl (C=O) groups excluding carboxylic acids is 1. The van der Waals surface area contributed by atoms with Crippen LogP contribution in [0.15, 0.2) is 45.7 Å². The van der Waals surface area contributed by atoms with Gasteiger partial charge in [0.05, 0.1) is 4.90 Å². The van der Waals surface area contributed by atoms with E-state index in [1.54, 1.807) is 30.5 Å². The summed E-state index contributed by atoms with van der Waals surface area (Å²) in [6.07, 6.45) is 4.47. The lowest BCUT2D eigenvalue weighted by Gasteiger charge is -2.02. The van der Waals surface area contributed by atoms with Gasteiger partial charge in [-0.05, 0) is 25.0 Å². The predicted molar refractivity (Wildman–Crippen MR) is 97.4 cm³/mol. The van der Waals surface area contributed by atoms with Crippen LogP contribution in [0.3, 0.4) is 0 Å². The van der Waals surface area contributed by atoms with E-state index >= 15 is 0 Å². The lowest BCUT2D eigenvalue weighted by atomic mass is 10.2. The van der Waals surface area contributed by atoms with Gasteiger partial charge in [-0.3, -0.25) is 14.5 Å². The molecule has 0 saturated carbocycles. The van der Waals surface area contributed by atoms with Crippen LogP contribution < -0.4 is 10.0 Å². The Balaban J connectivity index is 1.42. The summed E-state index contributed by atoms with van der Waals surface area (Å²) >= 11 is 1.39. The molecule has 2 aromatic rings. The second-order valence-electron chi connectivity index (χ2n) is 5.53. The molecule has 0 saturated heterocycles. The summed E-state index contributed by atoms with van der Waals surface area (Å²) in [5.41, 5.74) is 0.616. The Labute approximate surface area is 150 Å². The van der Waals surface area contributed by atoms with Gasteiger partial charge in [0.25, 0.3) is 10.0 Å². The second kappa shape index (κ2) is 7.75. The molecule has 1 aromatic carbocycles. The van der Waals surface area contributed by atoms with Crippen LogP contribution in [-0.2, 0) is 14.8 Å². The maximum atomic E-state index is 12.0. The normalized spacial score (nSPS) is 16.4. The highest BCUT2D eigenvalue weighted by atomic mass is 32.2. The molecule has 0 radical (unpaired) electrons. The summed E-state index contributed by atoms with van der Waals surface area (Å²) in [6.45, 7) is 0.514. The maximum absolute atomic E-state index is 12.0. The molecule has 7 nitrogen and oxygen atoms in total. The number of unbranched alkanes of at least 4 members (excludes halogenated alkanes) is 2. The van der Waals surface area contributed by atoms with Gasteiger partial charge in [0.15, 0.2) is 5.13 Å². The van der Waals surface area contributed by atoms with Gasteiger partial charge < -0.3 is 5.32 Å². The van der Waals surface area contributed by atoms with Crippen molar-refractivity contribution in [3.63, 3.8) is 0 Å². The van der Waals surface area contributed by atoms with E-state index in [1.807, 2.05) is 5.38 Å². The third kappa shape index (κ3) is 4.43. The highest BCUT2D eigenvalue weighted by Crippen LogP contribution is 2.22. The molecule has 1 amide bonds. The number of thiazole rings is 1. The third-order valence-corrected chi connectivity index (χ3v) is 5.76. The van der Waals surface area contributed by atoms with E-state index in [9.17, 15) is 13.2 Å². The minimum absolute atomic E-state index is 0.0428. The molecule has 9 heteroatoms. The number of aliphatic imine (C=N–C) groups is 1. The van der Waals surface area contributed by atoms with Crippen LogP contribution in [0.4, 0.5) is 5.13 Å². The van der Waals surface area contributed by atoms with Crippen molar-refractivity contribution < 1.29 is 13.2 Å². The summed E-state index contributed by atoms with van der Waals surface area (Å²) in [6, 6.07) is 6.80. The third-order valence-electron chi connectivity index (χ3n) is 3.67. The maximum Gasteiger partial charge on any atom is 0.263 e. The Morgan fingerprint density at radius 2 is 2.08 bits per heavy atom. The van der Waals surface area contributed by atoms with Gasteiger partial charge >= 0.3 is 0 Å². The number of carbonyl (C=O) groups is 1. The number of amides is 1. The zero-order valence-corrected chi connectivity index (χ0v) is 15.1. The van der Waals surface area contributed by atoms with Crippen molar-refractivity contribution in [3.8, 4) is 0 Å². The van der Waals surface area contributed by atoms with E-state index in [1.165, 1.54) is 11.3 Å². The van der Waals surface area contributed by atoms with Gasteiger partial charge in [-0.25, -0.2) is 13.4 Å². The van der Waals surface area contributed by atoms with Gasteiger partial charge in [-0.1, -0.05) is 18.6 Å². The van der Waals surface area contributed by atoms with Crippen LogP contribution in [0.25, 0.3) is 0 Å². The van der Waals surface area contributed by atoms with Crippen molar-refractivity contribution in [1.29, 1.82) is 0 Å². The molecule has 0 bridgehead atoms. The minimum atomic E-state index is -3.48. The summed E-state index contributed by atoms with van der Waals surface area (Å²) in [4.78, 5) is 20.3. The molecule has 0 spiro atoms. The smallest absolute Gasteiger partial charge is 0.263 e. The van der Waals surface area contributed by atoms with Gasteiger partial charge in [0.2, 0.25) is 5.91 Å². The van der Waals surface area contributed by atoms with Crippen molar-refractivity contribution >= 4 is 38.2 Å². The van der Waals surface area contributed by atoms with E-state index < -0.39 is 10.0 Å². The number of aromatic nitrogens is 1. The zero-order valence-electron chi connectivity index (χ0n) is 13.4. The van der Waals surface area contributed by atoms with Crippen molar-refractivity contribution in [3.05, 3.63) is 41.4 Å². The number of rotatable bonds is 7. The number of hydrogen-bond acceptors (Lipinski definition) is 6. The summed E-state index contributed by atoms with van der Waals surface area (Å²) in [5, 5.41) is 5.17. The highest BCUT2D eigenvalue weighted by molar-refractivity contribution is 7.90. The molecule has 1 aliphatic heterocycles. The van der Waals surface area contributed by atoms with Gasteiger partial charge in [-0.2, -0.15) is 0 Å². The average Bonchev–Trinajstić information content (AvgIpc) is 3.18. The fourth-order valence-electron chi connectivity index (χ4n) is 2.48. The molecule has 2 heterocycles. The molecule has 132 valence electrons. The standard InChI is InChI=1S/C16H18N4O3S2/c21-14(19-16-18-10-11-24-16)8-2-1-5-9-17-15-12-6-3-4-7-13(12)25(22,23)20-15/h3-4,6-7,10-11H,1-2,5,8-9H2,(H,17,20)(H,18,19,21). The minimum Gasteiger partial charge on any atom is -0.302 e. The van der Waals surface area contributed by atoms with Gasteiger partial charge in [0, 0.05) is 30.1 Å². The van der Waals surface area contributed by atoms with Gasteiger partial charge in [0.1, 0.15) is 5.84 Å².